The number of aliphatic hydroxyl groups is 1. The second-order valence-corrected chi connectivity index (χ2v) is 6.75. The van der Waals surface area contributed by atoms with Crippen LogP contribution in [0.4, 0.5) is 0 Å². The Morgan fingerprint density at radius 2 is 1.56 bits per heavy atom. The van der Waals surface area contributed by atoms with Crippen LogP contribution in [-0.4, -0.2) is 35.2 Å². The van der Waals surface area contributed by atoms with Gasteiger partial charge in [-0.25, -0.2) is 0 Å². The number of hydrogen-bond acceptors (Lipinski definition) is 2. The fourth-order valence-electron chi connectivity index (χ4n) is 3.95. The number of nitrogens with zero attached hydrogens (tertiary/aromatic N) is 1. The van der Waals surface area contributed by atoms with Crippen LogP contribution in [0.2, 0.25) is 0 Å². The van der Waals surface area contributed by atoms with Gasteiger partial charge in [-0.3, -0.25) is 0 Å². The highest BCUT2D eigenvalue weighted by molar-refractivity contribution is 4.88. The van der Waals surface area contributed by atoms with Crippen molar-refractivity contribution in [2.75, 3.05) is 13.1 Å². The van der Waals surface area contributed by atoms with E-state index in [0.717, 1.165) is 24.7 Å². The minimum absolute atomic E-state index is 0.0459. The predicted molar refractivity (Wildman–Crippen MR) is 76.6 cm³/mol. The maximum Gasteiger partial charge on any atom is 0.0555 e. The molecule has 2 heteroatoms. The number of aliphatic hydroxyl groups excluding tert-OH is 1. The van der Waals surface area contributed by atoms with E-state index in [1.54, 1.807) is 0 Å². The molecule has 1 aliphatic heterocycles. The second kappa shape index (κ2) is 6.91. The van der Waals surface area contributed by atoms with E-state index in [1.165, 1.54) is 51.6 Å². The minimum atomic E-state index is -0.0459. The van der Waals surface area contributed by atoms with Crippen molar-refractivity contribution in [3.05, 3.63) is 0 Å². The van der Waals surface area contributed by atoms with Gasteiger partial charge in [0.2, 0.25) is 0 Å². The Labute approximate surface area is 113 Å². The van der Waals surface area contributed by atoms with Gasteiger partial charge >= 0.3 is 0 Å². The summed E-state index contributed by atoms with van der Waals surface area (Å²) < 4.78 is 0. The quantitative estimate of drug-likeness (QED) is 0.815. The van der Waals surface area contributed by atoms with Crippen molar-refractivity contribution in [1.82, 2.24) is 4.90 Å². The molecule has 3 atom stereocenters. The molecule has 2 aliphatic rings. The number of hydrogen-bond donors (Lipinski definition) is 1. The zero-order chi connectivity index (χ0) is 13.0. The molecule has 0 aromatic rings. The molecule has 106 valence electrons. The largest absolute Gasteiger partial charge is 0.393 e. The van der Waals surface area contributed by atoms with Crippen molar-refractivity contribution in [2.24, 2.45) is 11.8 Å². The fraction of sp³-hybridized carbons (Fsp3) is 1.00. The summed E-state index contributed by atoms with van der Waals surface area (Å²) in [5.74, 6) is 1.56. The molecule has 2 nitrogen and oxygen atoms in total. The van der Waals surface area contributed by atoms with Crippen LogP contribution in [0, 0.1) is 11.8 Å². The summed E-state index contributed by atoms with van der Waals surface area (Å²) >= 11 is 0. The highest BCUT2D eigenvalue weighted by Crippen LogP contribution is 2.34. The van der Waals surface area contributed by atoms with E-state index in [2.05, 4.69) is 18.7 Å². The molecule has 1 heterocycles. The highest BCUT2D eigenvalue weighted by atomic mass is 16.3. The first-order chi connectivity index (χ1) is 8.68. The third-order valence-corrected chi connectivity index (χ3v) is 5.06. The SMILES string of the molecule is CC(C)C1CCC(O)CC1N1CCCCCCC1. The van der Waals surface area contributed by atoms with E-state index < -0.39 is 0 Å². The van der Waals surface area contributed by atoms with Crippen LogP contribution in [0.15, 0.2) is 0 Å². The van der Waals surface area contributed by atoms with E-state index in [9.17, 15) is 5.11 Å². The van der Waals surface area contributed by atoms with Crippen LogP contribution in [-0.2, 0) is 0 Å². The normalized spacial score (nSPS) is 36.3. The van der Waals surface area contributed by atoms with Gasteiger partial charge in [-0.05, 0) is 57.0 Å². The van der Waals surface area contributed by atoms with E-state index in [0.29, 0.717) is 6.04 Å². The van der Waals surface area contributed by atoms with Crippen LogP contribution in [0.3, 0.4) is 0 Å². The molecule has 2 fully saturated rings. The molecular weight excluding hydrogens is 222 g/mol. The molecule has 0 aromatic carbocycles. The first kappa shape index (κ1) is 14.3. The lowest BCUT2D eigenvalue weighted by molar-refractivity contribution is 0.00863. The second-order valence-electron chi connectivity index (χ2n) is 6.75. The lowest BCUT2D eigenvalue weighted by Crippen LogP contribution is -2.48. The van der Waals surface area contributed by atoms with Gasteiger partial charge in [-0.1, -0.05) is 33.1 Å². The van der Waals surface area contributed by atoms with Crippen molar-refractivity contribution in [3.63, 3.8) is 0 Å². The predicted octanol–water partition coefficient (Wildman–Crippen LogP) is 3.44. The Balaban J connectivity index is 2.00. The van der Waals surface area contributed by atoms with E-state index in [1.807, 2.05) is 0 Å². The topological polar surface area (TPSA) is 23.5 Å². The molecule has 0 aromatic heterocycles. The van der Waals surface area contributed by atoms with Crippen LogP contribution in [0.5, 0.6) is 0 Å². The zero-order valence-corrected chi connectivity index (χ0v) is 12.3. The van der Waals surface area contributed by atoms with Gasteiger partial charge in [-0.15, -0.1) is 0 Å². The Morgan fingerprint density at radius 1 is 0.944 bits per heavy atom. The van der Waals surface area contributed by atoms with Crippen molar-refractivity contribution >= 4 is 0 Å². The van der Waals surface area contributed by atoms with Gasteiger partial charge in [-0.2, -0.15) is 0 Å². The highest BCUT2D eigenvalue weighted by Gasteiger charge is 2.35. The third kappa shape index (κ3) is 3.71. The smallest absolute Gasteiger partial charge is 0.0555 e. The molecule has 2 rings (SSSR count). The molecule has 0 amide bonds. The van der Waals surface area contributed by atoms with Crippen LogP contribution in [0.1, 0.15) is 65.2 Å². The minimum Gasteiger partial charge on any atom is -0.393 e. The van der Waals surface area contributed by atoms with Gasteiger partial charge in [0.1, 0.15) is 0 Å². The van der Waals surface area contributed by atoms with Crippen LogP contribution >= 0.6 is 0 Å². The summed E-state index contributed by atoms with van der Waals surface area (Å²) in [6, 6.07) is 0.645. The van der Waals surface area contributed by atoms with Gasteiger partial charge in [0.25, 0.3) is 0 Å². The maximum atomic E-state index is 10.0. The average molecular weight is 253 g/mol. The van der Waals surface area contributed by atoms with Crippen molar-refractivity contribution in [1.29, 1.82) is 0 Å². The molecule has 1 N–H and O–H groups in total. The first-order valence-corrected chi connectivity index (χ1v) is 8.10. The molecule has 0 spiro atoms. The van der Waals surface area contributed by atoms with E-state index in [-0.39, 0.29) is 6.10 Å². The Morgan fingerprint density at radius 3 is 2.17 bits per heavy atom. The molecule has 18 heavy (non-hydrogen) atoms. The van der Waals surface area contributed by atoms with Gasteiger partial charge in [0.15, 0.2) is 0 Å². The monoisotopic (exact) mass is 253 g/mol. The van der Waals surface area contributed by atoms with E-state index in [4.69, 9.17) is 0 Å². The number of rotatable bonds is 2. The molecule has 0 bridgehead atoms. The lowest BCUT2D eigenvalue weighted by Gasteiger charge is -2.44. The summed E-state index contributed by atoms with van der Waals surface area (Å²) in [6.07, 6.45) is 10.2. The molecule has 1 saturated heterocycles. The zero-order valence-electron chi connectivity index (χ0n) is 12.3. The van der Waals surface area contributed by atoms with Gasteiger partial charge in [0, 0.05) is 6.04 Å². The fourth-order valence-corrected chi connectivity index (χ4v) is 3.95. The maximum absolute atomic E-state index is 10.0. The summed E-state index contributed by atoms with van der Waals surface area (Å²) in [6.45, 7) is 7.25. The number of likely N-dealkylation sites (tertiary alicyclic amines) is 1. The summed E-state index contributed by atoms with van der Waals surface area (Å²) in [4.78, 5) is 2.71. The lowest BCUT2D eigenvalue weighted by atomic mass is 9.75. The standard InChI is InChI=1S/C16H31NO/c1-13(2)15-9-8-14(18)12-16(15)17-10-6-4-3-5-7-11-17/h13-16,18H,3-12H2,1-2H3. The Bertz CT molecular complexity index is 233. The molecule has 1 saturated carbocycles. The molecule has 0 radical (unpaired) electrons. The summed E-state index contributed by atoms with van der Waals surface area (Å²) in [5.41, 5.74) is 0. The average Bonchev–Trinajstić information content (AvgIpc) is 2.27. The third-order valence-electron chi connectivity index (χ3n) is 5.06. The first-order valence-electron chi connectivity index (χ1n) is 8.10. The Hall–Kier alpha value is -0.0800. The van der Waals surface area contributed by atoms with Gasteiger partial charge < -0.3 is 10.0 Å². The summed E-state index contributed by atoms with van der Waals surface area (Å²) in [5, 5.41) is 10.0. The van der Waals surface area contributed by atoms with E-state index >= 15 is 0 Å². The molecule has 1 aliphatic carbocycles. The van der Waals surface area contributed by atoms with Crippen molar-refractivity contribution in [3.8, 4) is 0 Å². The van der Waals surface area contributed by atoms with Crippen LogP contribution in [0.25, 0.3) is 0 Å². The van der Waals surface area contributed by atoms with Crippen LogP contribution < -0.4 is 0 Å². The Kier molecular flexibility index (Phi) is 5.50. The summed E-state index contributed by atoms with van der Waals surface area (Å²) in [7, 11) is 0. The van der Waals surface area contributed by atoms with Gasteiger partial charge in [0.05, 0.1) is 6.10 Å². The molecule has 3 unspecified atom stereocenters. The van der Waals surface area contributed by atoms with Crippen molar-refractivity contribution in [2.45, 2.75) is 77.4 Å². The molecular formula is C16H31NO. The van der Waals surface area contributed by atoms with Crippen molar-refractivity contribution < 1.29 is 5.11 Å².